The molecule has 0 radical (unpaired) electrons. The number of hydrogen-bond donors (Lipinski definition) is 1. The summed E-state index contributed by atoms with van der Waals surface area (Å²) in [6, 6.07) is 12.2. The molecule has 0 aliphatic heterocycles. The summed E-state index contributed by atoms with van der Waals surface area (Å²) in [4.78, 5) is 30.5. The molecule has 0 saturated heterocycles. The number of allylic oxidation sites excluding steroid dienone is 1. The van der Waals surface area contributed by atoms with Crippen molar-refractivity contribution in [2.75, 3.05) is 19.1 Å². The largest absolute Gasteiger partial charge is 0.452 e. The average Bonchev–Trinajstić information content (AvgIpc) is 2.67. The van der Waals surface area contributed by atoms with E-state index in [1.165, 1.54) is 36.3 Å². The third kappa shape index (κ3) is 4.67. The fourth-order valence-electron chi connectivity index (χ4n) is 2.22. The Kier molecular flexibility index (Phi) is 6.46. The summed E-state index contributed by atoms with van der Waals surface area (Å²) < 4.78 is 17.6. The highest BCUT2D eigenvalue weighted by Gasteiger charge is 2.15. The van der Waals surface area contributed by atoms with Crippen LogP contribution in [0.2, 0.25) is 0 Å². The van der Waals surface area contributed by atoms with E-state index in [0.29, 0.717) is 16.8 Å². The number of methoxy groups -OCH3 is 1. The number of nitrogens with zero attached hydrogens (tertiary/aromatic N) is 1. The Hall–Kier alpha value is -3.19. The van der Waals surface area contributed by atoms with Crippen LogP contribution in [-0.2, 0) is 16.2 Å². The van der Waals surface area contributed by atoms with Gasteiger partial charge in [-0.3, -0.25) is 20.0 Å². The molecule has 136 valence electrons. The van der Waals surface area contributed by atoms with Gasteiger partial charge in [0.1, 0.15) is 18.1 Å². The summed E-state index contributed by atoms with van der Waals surface area (Å²) in [5.74, 6) is -0.840. The lowest BCUT2D eigenvalue weighted by molar-refractivity contribution is 0.0462. The molecule has 6 nitrogen and oxygen atoms in total. The first-order chi connectivity index (χ1) is 12.4. The van der Waals surface area contributed by atoms with Crippen LogP contribution in [0.4, 0.5) is 14.9 Å². The quantitative estimate of drug-likeness (QED) is 0.466. The van der Waals surface area contributed by atoms with E-state index < -0.39 is 17.7 Å². The Morgan fingerprint density at radius 2 is 1.81 bits per heavy atom. The maximum Gasteiger partial charge on any atom is 0.413 e. The zero-order valence-corrected chi connectivity index (χ0v) is 14.5. The van der Waals surface area contributed by atoms with Gasteiger partial charge in [0, 0.05) is 18.2 Å². The van der Waals surface area contributed by atoms with Gasteiger partial charge in [-0.2, -0.15) is 0 Å². The van der Waals surface area contributed by atoms with E-state index in [0.717, 1.165) is 0 Å². The van der Waals surface area contributed by atoms with Crippen molar-refractivity contribution in [3.8, 4) is 0 Å². The molecule has 2 rings (SSSR count). The van der Waals surface area contributed by atoms with Crippen molar-refractivity contribution in [1.82, 2.24) is 5.48 Å². The normalized spacial score (nSPS) is 10.1. The molecule has 2 aromatic rings. The zero-order chi connectivity index (χ0) is 19.1. The maximum atomic E-state index is 12.9. The van der Waals surface area contributed by atoms with Gasteiger partial charge in [0.2, 0.25) is 5.78 Å². The number of carbonyl (C=O) groups is 2. The minimum absolute atomic E-state index is 0.00964. The lowest BCUT2D eigenvalue weighted by Crippen LogP contribution is -2.27. The maximum absolute atomic E-state index is 12.9. The molecule has 0 spiro atoms. The number of amides is 1. The average molecular weight is 358 g/mol. The van der Waals surface area contributed by atoms with Crippen LogP contribution in [0.1, 0.15) is 15.9 Å². The highest BCUT2D eigenvalue weighted by Crippen LogP contribution is 2.20. The molecule has 7 heteroatoms. The van der Waals surface area contributed by atoms with Crippen LogP contribution in [0.3, 0.4) is 0 Å². The van der Waals surface area contributed by atoms with Gasteiger partial charge in [-0.25, -0.2) is 9.18 Å². The fourth-order valence-corrected chi connectivity index (χ4v) is 2.22. The van der Waals surface area contributed by atoms with Crippen LogP contribution < -0.4 is 10.4 Å². The van der Waals surface area contributed by atoms with E-state index in [1.54, 1.807) is 31.3 Å². The molecule has 0 atom stereocenters. The van der Waals surface area contributed by atoms with Crippen molar-refractivity contribution in [3.63, 3.8) is 0 Å². The number of nitrogens with one attached hydrogen (secondary N) is 1. The van der Waals surface area contributed by atoms with Gasteiger partial charge in [-0.1, -0.05) is 24.8 Å². The monoisotopic (exact) mass is 358 g/mol. The van der Waals surface area contributed by atoms with Crippen molar-refractivity contribution < 1.29 is 23.6 Å². The topological polar surface area (TPSA) is 67.9 Å². The second-order valence-electron chi connectivity index (χ2n) is 5.36. The highest BCUT2D eigenvalue weighted by atomic mass is 19.1. The molecule has 1 N–H and O–H groups in total. The Bertz CT molecular complexity index is 805. The molecular formula is C19H19FN2O4. The number of anilines is 1. The van der Waals surface area contributed by atoms with Crippen LogP contribution in [0.15, 0.2) is 60.8 Å². The van der Waals surface area contributed by atoms with Gasteiger partial charge in [0.05, 0.1) is 12.8 Å². The Balaban J connectivity index is 1.97. The number of carbonyl (C=O) groups excluding carboxylic acids is 2. The number of benzene rings is 2. The Morgan fingerprint density at radius 1 is 1.15 bits per heavy atom. The van der Waals surface area contributed by atoms with E-state index in [4.69, 9.17) is 9.57 Å². The minimum Gasteiger partial charge on any atom is -0.452 e. The number of hydroxylamine groups is 1. The summed E-state index contributed by atoms with van der Waals surface area (Å²) >= 11 is 0. The third-order valence-corrected chi connectivity index (χ3v) is 3.60. The first-order valence-corrected chi connectivity index (χ1v) is 7.70. The Morgan fingerprint density at radius 3 is 2.46 bits per heavy atom. The number of halogens is 1. The van der Waals surface area contributed by atoms with E-state index in [1.807, 2.05) is 0 Å². The number of para-hydroxylation sites is 1. The molecule has 0 saturated carbocycles. The van der Waals surface area contributed by atoms with Gasteiger partial charge in [0.25, 0.3) is 0 Å². The van der Waals surface area contributed by atoms with Crippen LogP contribution >= 0.6 is 0 Å². The van der Waals surface area contributed by atoms with Crippen molar-refractivity contribution in [2.45, 2.75) is 6.61 Å². The van der Waals surface area contributed by atoms with Gasteiger partial charge in [-0.15, -0.1) is 0 Å². The molecule has 26 heavy (non-hydrogen) atoms. The first-order valence-electron chi connectivity index (χ1n) is 7.70. The van der Waals surface area contributed by atoms with E-state index in [-0.39, 0.29) is 12.3 Å². The van der Waals surface area contributed by atoms with Crippen LogP contribution in [0.5, 0.6) is 0 Å². The molecule has 0 aliphatic carbocycles. The molecule has 0 unspecified atom stereocenters. The third-order valence-electron chi connectivity index (χ3n) is 3.60. The van der Waals surface area contributed by atoms with Crippen molar-refractivity contribution in [3.05, 3.63) is 77.8 Å². The molecule has 0 fully saturated rings. The zero-order valence-electron chi connectivity index (χ0n) is 14.5. The second kappa shape index (κ2) is 8.77. The van der Waals surface area contributed by atoms with Crippen LogP contribution in [0.25, 0.3) is 0 Å². The molecule has 0 bridgehead atoms. The molecule has 2 aromatic carbocycles. The van der Waals surface area contributed by atoms with E-state index in [2.05, 4.69) is 12.1 Å². The van der Waals surface area contributed by atoms with Crippen molar-refractivity contribution in [2.24, 2.45) is 0 Å². The molecule has 1 amide bonds. The minimum atomic E-state index is -0.513. The van der Waals surface area contributed by atoms with Gasteiger partial charge in [0.15, 0.2) is 0 Å². The Labute approximate surface area is 150 Å². The molecule has 0 aromatic heterocycles. The molecule has 0 aliphatic rings. The van der Waals surface area contributed by atoms with Crippen LogP contribution in [-0.4, -0.2) is 26.0 Å². The standard InChI is InChI=1S/C19H19FN2O4/c1-13(18(23)14-8-10-16(20)11-9-14)21-26-12-15-6-4-5-7-17(15)22(2)19(24)25-3/h4-11,21H,1,12H2,2-3H3. The first kappa shape index (κ1) is 19.1. The molecular weight excluding hydrogens is 339 g/mol. The van der Waals surface area contributed by atoms with Gasteiger partial charge in [-0.05, 0) is 30.3 Å². The summed E-state index contributed by atoms with van der Waals surface area (Å²) in [6.07, 6.45) is -0.513. The lowest BCUT2D eigenvalue weighted by atomic mass is 10.1. The number of ether oxygens (including phenoxy) is 1. The number of rotatable bonds is 7. The summed E-state index contributed by atoms with van der Waals surface area (Å²) in [7, 11) is 2.87. The summed E-state index contributed by atoms with van der Waals surface area (Å²) in [5.41, 5.74) is 4.09. The SMILES string of the molecule is C=C(NOCc1ccccc1N(C)C(=O)OC)C(=O)c1ccc(F)cc1. The summed E-state index contributed by atoms with van der Waals surface area (Å²) in [5, 5.41) is 0. The number of ketones is 1. The number of hydrogen-bond acceptors (Lipinski definition) is 5. The predicted molar refractivity (Wildman–Crippen MR) is 95.0 cm³/mol. The predicted octanol–water partition coefficient (Wildman–Crippen LogP) is 3.45. The van der Waals surface area contributed by atoms with Gasteiger partial charge < -0.3 is 4.74 Å². The van der Waals surface area contributed by atoms with Crippen molar-refractivity contribution >= 4 is 17.6 Å². The second-order valence-corrected chi connectivity index (χ2v) is 5.36. The van der Waals surface area contributed by atoms with Crippen LogP contribution in [0, 0.1) is 5.82 Å². The lowest BCUT2D eigenvalue weighted by Gasteiger charge is -2.19. The van der Waals surface area contributed by atoms with E-state index >= 15 is 0 Å². The summed E-state index contributed by atoms with van der Waals surface area (Å²) in [6.45, 7) is 3.70. The van der Waals surface area contributed by atoms with Gasteiger partial charge >= 0.3 is 6.09 Å². The smallest absolute Gasteiger partial charge is 0.413 e. The molecule has 0 heterocycles. The highest BCUT2D eigenvalue weighted by molar-refractivity contribution is 6.07. The van der Waals surface area contributed by atoms with E-state index in [9.17, 15) is 14.0 Å². The van der Waals surface area contributed by atoms with Crippen molar-refractivity contribution in [1.29, 1.82) is 0 Å². The fraction of sp³-hybridized carbons (Fsp3) is 0.158. The number of Topliss-reactive ketones (excluding diaryl/α,β-unsaturated/α-hetero) is 1.